The van der Waals surface area contributed by atoms with E-state index in [0.717, 1.165) is 0 Å². The molecule has 0 amide bonds. The third-order valence-corrected chi connectivity index (χ3v) is 2.67. The summed E-state index contributed by atoms with van der Waals surface area (Å²) in [5, 5.41) is 0. The molecule has 14 heavy (non-hydrogen) atoms. The van der Waals surface area contributed by atoms with Crippen LogP contribution in [0, 0.1) is 6.07 Å². The molecule has 1 heterocycles. The second-order valence-corrected chi connectivity index (χ2v) is 4.59. The molecule has 0 bridgehead atoms. The number of fused-ring (bicyclic) bond motifs is 1. The van der Waals surface area contributed by atoms with Crippen molar-refractivity contribution in [3.63, 3.8) is 0 Å². The fourth-order valence-corrected chi connectivity index (χ4v) is 2.20. The van der Waals surface area contributed by atoms with Crippen LogP contribution >= 0.6 is 0 Å². The molecule has 0 unspecified atom stereocenters. The van der Waals surface area contributed by atoms with E-state index >= 15 is 0 Å². The maximum Gasteiger partial charge on any atom is 1.00 e. The first kappa shape index (κ1) is 12.9. The minimum absolute atomic E-state index is 0. The predicted octanol–water partition coefficient (Wildman–Crippen LogP) is -0.00881. The summed E-state index contributed by atoms with van der Waals surface area (Å²) in [5.74, 6) is 0. The van der Waals surface area contributed by atoms with Crippen molar-refractivity contribution in [2.75, 3.05) is 0 Å². The van der Waals surface area contributed by atoms with Crippen LogP contribution in [0.4, 0.5) is 0 Å². The van der Waals surface area contributed by atoms with Gasteiger partial charge in [-0.25, -0.2) is 0 Å². The van der Waals surface area contributed by atoms with Crippen molar-refractivity contribution >= 4 is 0 Å². The van der Waals surface area contributed by atoms with Crippen LogP contribution in [0.25, 0.3) is 0 Å². The minimum Gasteiger partial charge on any atom is -0.375 e. The van der Waals surface area contributed by atoms with Gasteiger partial charge >= 0.3 is 51.4 Å². The van der Waals surface area contributed by atoms with Crippen molar-refractivity contribution < 1.29 is 56.1 Å². The first-order chi connectivity index (χ1) is 5.93. The monoisotopic (exact) mass is 214 g/mol. The maximum atomic E-state index is 5.99. The van der Waals surface area contributed by atoms with Crippen molar-refractivity contribution in [3.05, 3.63) is 35.4 Å². The molecule has 0 saturated carbocycles. The van der Waals surface area contributed by atoms with Crippen LogP contribution < -0.4 is 51.4 Å². The van der Waals surface area contributed by atoms with Crippen molar-refractivity contribution in [2.45, 2.75) is 38.9 Å². The quantitative estimate of drug-likeness (QED) is 0.436. The summed E-state index contributed by atoms with van der Waals surface area (Å²) in [6, 6.07) is 9.19. The molecule has 0 saturated heterocycles. The van der Waals surface area contributed by atoms with E-state index in [1.54, 1.807) is 0 Å². The standard InChI is InChI=1S/C12H15O.K/c1-11(2)9-7-5-6-8-10(9)12(3,4)13-11;/h5,7-8H,1-4H3;/q-1;+1. The summed E-state index contributed by atoms with van der Waals surface area (Å²) in [7, 11) is 0. The van der Waals surface area contributed by atoms with Gasteiger partial charge in [-0.05, 0) is 27.7 Å². The summed E-state index contributed by atoms with van der Waals surface area (Å²) < 4.78 is 5.99. The van der Waals surface area contributed by atoms with Gasteiger partial charge in [0.15, 0.2) is 0 Å². The molecule has 0 aromatic heterocycles. The van der Waals surface area contributed by atoms with Crippen LogP contribution in [0.2, 0.25) is 0 Å². The van der Waals surface area contributed by atoms with E-state index in [1.165, 1.54) is 11.1 Å². The summed E-state index contributed by atoms with van der Waals surface area (Å²) in [6.45, 7) is 8.43. The molecule has 0 fully saturated rings. The number of benzene rings is 1. The third kappa shape index (κ3) is 2.01. The van der Waals surface area contributed by atoms with Gasteiger partial charge in [0, 0.05) is 5.60 Å². The molecule has 0 radical (unpaired) electrons. The molecule has 0 atom stereocenters. The predicted molar refractivity (Wildman–Crippen MR) is 52.4 cm³/mol. The van der Waals surface area contributed by atoms with E-state index in [0.29, 0.717) is 0 Å². The Balaban J connectivity index is 0.000000980. The Hall–Kier alpha value is 0.816. The fourth-order valence-electron chi connectivity index (χ4n) is 2.20. The van der Waals surface area contributed by atoms with Gasteiger partial charge < -0.3 is 4.74 Å². The Morgan fingerprint density at radius 1 is 1.07 bits per heavy atom. The van der Waals surface area contributed by atoms with Crippen molar-refractivity contribution in [1.29, 1.82) is 0 Å². The normalized spacial score (nSPS) is 21.1. The molecular formula is C12H15KO. The molecule has 1 aliphatic rings. The van der Waals surface area contributed by atoms with Gasteiger partial charge in [0.1, 0.15) is 0 Å². The Bertz CT molecular complexity index is 309. The molecule has 0 spiro atoms. The Morgan fingerprint density at radius 2 is 1.64 bits per heavy atom. The van der Waals surface area contributed by atoms with Gasteiger partial charge in [0.2, 0.25) is 0 Å². The zero-order valence-corrected chi connectivity index (χ0v) is 12.8. The van der Waals surface area contributed by atoms with Gasteiger partial charge in [-0.2, -0.15) is 24.3 Å². The SMILES string of the molecule is CC1(C)OC(C)(C)c2cc[c-]cc21.[K+]. The summed E-state index contributed by atoms with van der Waals surface area (Å²) in [6.07, 6.45) is 0. The van der Waals surface area contributed by atoms with Crippen molar-refractivity contribution in [3.8, 4) is 0 Å². The van der Waals surface area contributed by atoms with Crippen LogP contribution in [0.15, 0.2) is 18.2 Å². The minimum atomic E-state index is -0.170. The largest absolute Gasteiger partial charge is 1.00 e. The van der Waals surface area contributed by atoms with E-state index in [1.807, 2.05) is 12.1 Å². The summed E-state index contributed by atoms with van der Waals surface area (Å²) in [4.78, 5) is 0. The summed E-state index contributed by atoms with van der Waals surface area (Å²) in [5.41, 5.74) is 2.22. The molecule has 1 nitrogen and oxygen atoms in total. The summed E-state index contributed by atoms with van der Waals surface area (Å²) >= 11 is 0. The van der Waals surface area contributed by atoms with E-state index in [4.69, 9.17) is 4.74 Å². The molecule has 1 aliphatic heterocycles. The van der Waals surface area contributed by atoms with Crippen molar-refractivity contribution in [2.24, 2.45) is 0 Å². The molecule has 2 rings (SSSR count). The average Bonchev–Trinajstić information content (AvgIpc) is 2.20. The fraction of sp³-hybridized carbons (Fsp3) is 0.500. The molecule has 70 valence electrons. The zero-order chi connectivity index (χ0) is 9.69. The molecule has 2 heteroatoms. The molecule has 1 aromatic carbocycles. The van der Waals surface area contributed by atoms with Crippen molar-refractivity contribution in [1.82, 2.24) is 0 Å². The van der Waals surface area contributed by atoms with Gasteiger partial charge in [-0.3, -0.25) is 0 Å². The first-order valence-corrected chi connectivity index (χ1v) is 4.65. The van der Waals surface area contributed by atoms with Gasteiger partial charge in [0.25, 0.3) is 0 Å². The van der Waals surface area contributed by atoms with E-state index < -0.39 is 0 Å². The van der Waals surface area contributed by atoms with E-state index in [-0.39, 0.29) is 62.6 Å². The molecule has 0 aliphatic carbocycles. The second kappa shape index (κ2) is 4.00. The number of ether oxygens (including phenoxy) is 1. The maximum absolute atomic E-state index is 5.99. The third-order valence-electron chi connectivity index (χ3n) is 2.67. The zero-order valence-electron chi connectivity index (χ0n) is 9.64. The number of hydrogen-bond acceptors (Lipinski definition) is 1. The topological polar surface area (TPSA) is 9.23 Å². The molecule has 0 N–H and O–H groups in total. The van der Waals surface area contributed by atoms with Gasteiger partial charge in [-0.15, -0.1) is 11.1 Å². The van der Waals surface area contributed by atoms with Crippen LogP contribution in [-0.4, -0.2) is 0 Å². The van der Waals surface area contributed by atoms with Gasteiger partial charge in [-0.1, -0.05) is 0 Å². The smallest absolute Gasteiger partial charge is 0.375 e. The van der Waals surface area contributed by atoms with Crippen LogP contribution in [0.3, 0.4) is 0 Å². The average molecular weight is 214 g/mol. The molecular weight excluding hydrogens is 199 g/mol. The van der Waals surface area contributed by atoms with Crippen LogP contribution in [0.5, 0.6) is 0 Å². The number of rotatable bonds is 0. The van der Waals surface area contributed by atoms with E-state index in [9.17, 15) is 0 Å². The van der Waals surface area contributed by atoms with Crippen LogP contribution in [0.1, 0.15) is 38.8 Å². The van der Waals surface area contributed by atoms with E-state index in [2.05, 4.69) is 39.8 Å². The Morgan fingerprint density at radius 3 is 2.21 bits per heavy atom. The first-order valence-electron chi connectivity index (χ1n) is 4.65. The molecule has 1 aromatic rings. The van der Waals surface area contributed by atoms with Gasteiger partial charge in [0.05, 0.1) is 5.60 Å². The number of hydrogen-bond donors (Lipinski definition) is 0. The van der Waals surface area contributed by atoms with Crippen LogP contribution in [-0.2, 0) is 15.9 Å². The Labute approximate surface area is 129 Å². The Kier molecular flexibility index (Phi) is 3.68. The second-order valence-electron chi connectivity index (χ2n) is 4.59.